The Kier molecular flexibility index (Phi) is 5.63. The molecule has 0 aliphatic carbocycles. The smallest absolute Gasteiger partial charge is 0.276 e. The van der Waals surface area contributed by atoms with Crippen molar-refractivity contribution in [3.63, 3.8) is 0 Å². The second-order valence-corrected chi connectivity index (χ2v) is 6.83. The van der Waals surface area contributed by atoms with Gasteiger partial charge in [0.2, 0.25) is 0 Å². The summed E-state index contributed by atoms with van der Waals surface area (Å²) in [6.07, 6.45) is 5.30. The molecule has 0 radical (unpaired) electrons. The van der Waals surface area contributed by atoms with Crippen LogP contribution in [0.1, 0.15) is 52.1 Å². The molecule has 1 aliphatic rings. The SMILES string of the molecule is COCc1c(C(=O)N2CCC[C@@H]2c2cncc(CN(C)C)n2)noc1C. The van der Waals surface area contributed by atoms with Gasteiger partial charge in [-0.05, 0) is 33.9 Å². The molecule has 3 heterocycles. The average molecular weight is 359 g/mol. The summed E-state index contributed by atoms with van der Waals surface area (Å²) in [7, 11) is 5.57. The molecule has 1 saturated heterocycles. The third-order valence-electron chi connectivity index (χ3n) is 4.51. The van der Waals surface area contributed by atoms with Crippen LogP contribution in [0.2, 0.25) is 0 Å². The van der Waals surface area contributed by atoms with E-state index in [1.54, 1.807) is 26.4 Å². The van der Waals surface area contributed by atoms with Gasteiger partial charge in [0.05, 0.1) is 35.8 Å². The van der Waals surface area contributed by atoms with Crippen LogP contribution < -0.4 is 0 Å². The standard InChI is InChI=1S/C18H25N5O3/c1-12-14(11-25-4)17(21-26-12)18(24)23-7-5-6-16(23)15-9-19-8-13(20-15)10-22(2)3/h8-9,16H,5-7,10-11H2,1-4H3/t16-/m1/s1. The number of carbonyl (C=O) groups is 1. The molecule has 26 heavy (non-hydrogen) atoms. The van der Waals surface area contributed by atoms with Gasteiger partial charge in [-0.2, -0.15) is 0 Å². The molecule has 0 unspecified atom stereocenters. The number of methoxy groups -OCH3 is 1. The van der Waals surface area contributed by atoms with E-state index in [1.165, 1.54) is 0 Å². The van der Waals surface area contributed by atoms with Crippen molar-refractivity contribution in [1.82, 2.24) is 24.9 Å². The highest BCUT2D eigenvalue weighted by Crippen LogP contribution is 2.32. The molecule has 140 valence electrons. The topological polar surface area (TPSA) is 84.6 Å². The van der Waals surface area contributed by atoms with E-state index in [4.69, 9.17) is 14.2 Å². The Bertz CT molecular complexity index is 774. The molecule has 8 nitrogen and oxygen atoms in total. The second kappa shape index (κ2) is 7.92. The highest BCUT2D eigenvalue weighted by atomic mass is 16.5. The van der Waals surface area contributed by atoms with Crippen molar-refractivity contribution in [3.05, 3.63) is 40.8 Å². The first-order valence-electron chi connectivity index (χ1n) is 8.72. The van der Waals surface area contributed by atoms with E-state index in [1.807, 2.05) is 23.9 Å². The van der Waals surface area contributed by atoms with Gasteiger partial charge >= 0.3 is 0 Å². The number of carbonyl (C=O) groups excluding carboxylic acids is 1. The van der Waals surface area contributed by atoms with Gasteiger partial charge < -0.3 is 19.1 Å². The van der Waals surface area contributed by atoms with Gasteiger partial charge in [0.25, 0.3) is 5.91 Å². The Morgan fingerprint density at radius 2 is 2.23 bits per heavy atom. The predicted octanol–water partition coefficient (Wildman–Crippen LogP) is 1.96. The van der Waals surface area contributed by atoms with Crippen LogP contribution >= 0.6 is 0 Å². The largest absolute Gasteiger partial charge is 0.380 e. The molecular formula is C18H25N5O3. The van der Waals surface area contributed by atoms with Gasteiger partial charge in [-0.25, -0.2) is 0 Å². The highest BCUT2D eigenvalue weighted by molar-refractivity contribution is 5.94. The van der Waals surface area contributed by atoms with E-state index in [2.05, 4.69) is 10.1 Å². The molecule has 1 atom stereocenters. The quantitative estimate of drug-likeness (QED) is 0.779. The normalized spacial score (nSPS) is 17.3. The van der Waals surface area contributed by atoms with E-state index in [0.717, 1.165) is 24.2 Å². The number of hydrogen-bond acceptors (Lipinski definition) is 7. The molecule has 8 heteroatoms. The van der Waals surface area contributed by atoms with Crippen LogP contribution in [-0.4, -0.2) is 58.6 Å². The first kappa shape index (κ1) is 18.5. The number of aryl methyl sites for hydroxylation is 1. The van der Waals surface area contributed by atoms with Crippen molar-refractivity contribution in [1.29, 1.82) is 0 Å². The molecule has 1 aliphatic heterocycles. The molecule has 0 spiro atoms. The van der Waals surface area contributed by atoms with Crippen LogP contribution in [0, 0.1) is 6.92 Å². The zero-order valence-corrected chi connectivity index (χ0v) is 15.7. The number of rotatable bonds is 6. The molecule has 1 fully saturated rings. The van der Waals surface area contributed by atoms with Gasteiger partial charge in [-0.15, -0.1) is 0 Å². The molecular weight excluding hydrogens is 334 g/mol. The Balaban J connectivity index is 1.85. The van der Waals surface area contributed by atoms with Gasteiger partial charge in [0.1, 0.15) is 5.76 Å². The molecule has 1 amide bonds. The lowest BCUT2D eigenvalue weighted by atomic mass is 10.1. The summed E-state index contributed by atoms with van der Waals surface area (Å²) in [6, 6.07) is -0.0930. The van der Waals surface area contributed by atoms with Crippen molar-refractivity contribution in [2.45, 2.75) is 39.0 Å². The molecule has 3 rings (SSSR count). The summed E-state index contributed by atoms with van der Waals surface area (Å²) in [5.74, 6) is 0.468. The van der Waals surface area contributed by atoms with Crippen LogP contribution in [0.25, 0.3) is 0 Å². The van der Waals surface area contributed by atoms with Crippen molar-refractivity contribution in [2.75, 3.05) is 27.7 Å². The molecule has 2 aromatic heterocycles. The lowest BCUT2D eigenvalue weighted by Gasteiger charge is -2.24. The van der Waals surface area contributed by atoms with E-state index < -0.39 is 0 Å². The Morgan fingerprint density at radius 1 is 1.42 bits per heavy atom. The van der Waals surface area contributed by atoms with Gasteiger partial charge in [0, 0.05) is 26.4 Å². The van der Waals surface area contributed by atoms with E-state index >= 15 is 0 Å². The van der Waals surface area contributed by atoms with Crippen LogP contribution in [0.15, 0.2) is 16.9 Å². The van der Waals surface area contributed by atoms with E-state index in [9.17, 15) is 4.79 Å². The molecule has 0 aromatic carbocycles. The molecule has 0 bridgehead atoms. The summed E-state index contributed by atoms with van der Waals surface area (Å²) in [5, 5.41) is 3.97. The number of amides is 1. The van der Waals surface area contributed by atoms with E-state index in [-0.39, 0.29) is 11.9 Å². The zero-order valence-electron chi connectivity index (χ0n) is 15.7. The van der Waals surface area contributed by atoms with Crippen LogP contribution in [0.4, 0.5) is 0 Å². The Hall–Kier alpha value is -2.32. The number of likely N-dealkylation sites (tertiary alicyclic amines) is 1. The van der Waals surface area contributed by atoms with E-state index in [0.29, 0.717) is 36.7 Å². The summed E-state index contributed by atoms with van der Waals surface area (Å²) in [4.78, 5) is 26.0. The average Bonchev–Trinajstić information content (AvgIpc) is 3.22. The maximum atomic E-state index is 13.1. The number of hydrogen-bond donors (Lipinski definition) is 0. The van der Waals surface area contributed by atoms with Crippen LogP contribution in [-0.2, 0) is 17.9 Å². The first-order valence-corrected chi connectivity index (χ1v) is 8.72. The van der Waals surface area contributed by atoms with Crippen LogP contribution in [0.5, 0.6) is 0 Å². The molecule has 2 aromatic rings. The van der Waals surface area contributed by atoms with Gasteiger partial charge in [-0.1, -0.05) is 5.16 Å². The minimum atomic E-state index is -0.142. The Labute approximate surface area is 153 Å². The highest BCUT2D eigenvalue weighted by Gasteiger charge is 2.34. The number of nitrogens with zero attached hydrogens (tertiary/aromatic N) is 5. The lowest BCUT2D eigenvalue weighted by Crippen LogP contribution is -2.32. The monoisotopic (exact) mass is 359 g/mol. The van der Waals surface area contributed by atoms with Crippen molar-refractivity contribution >= 4 is 5.91 Å². The third-order valence-corrected chi connectivity index (χ3v) is 4.51. The van der Waals surface area contributed by atoms with Crippen molar-refractivity contribution < 1.29 is 14.1 Å². The fourth-order valence-electron chi connectivity index (χ4n) is 3.31. The number of aromatic nitrogens is 3. The maximum absolute atomic E-state index is 13.1. The molecule has 0 N–H and O–H groups in total. The maximum Gasteiger partial charge on any atom is 0.276 e. The van der Waals surface area contributed by atoms with Crippen molar-refractivity contribution in [3.8, 4) is 0 Å². The van der Waals surface area contributed by atoms with Crippen LogP contribution in [0.3, 0.4) is 0 Å². The van der Waals surface area contributed by atoms with Gasteiger partial charge in [0.15, 0.2) is 5.69 Å². The minimum absolute atomic E-state index is 0.0930. The van der Waals surface area contributed by atoms with Crippen molar-refractivity contribution in [2.24, 2.45) is 0 Å². The van der Waals surface area contributed by atoms with Gasteiger partial charge in [-0.3, -0.25) is 14.8 Å². The summed E-state index contributed by atoms with van der Waals surface area (Å²) in [5.41, 5.74) is 2.75. The predicted molar refractivity (Wildman–Crippen MR) is 94.4 cm³/mol. The first-order chi connectivity index (χ1) is 12.5. The third kappa shape index (κ3) is 3.76. The lowest BCUT2D eigenvalue weighted by molar-refractivity contribution is 0.0717. The zero-order chi connectivity index (χ0) is 18.7. The summed E-state index contributed by atoms with van der Waals surface area (Å²) >= 11 is 0. The minimum Gasteiger partial charge on any atom is -0.380 e. The molecule has 0 saturated carbocycles. The number of ether oxygens (including phenoxy) is 1. The second-order valence-electron chi connectivity index (χ2n) is 6.83. The Morgan fingerprint density at radius 3 is 2.96 bits per heavy atom. The summed E-state index contributed by atoms with van der Waals surface area (Å²) in [6.45, 7) is 3.46. The fraction of sp³-hybridized carbons (Fsp3) is 0.556. The summed E-state index contributed by atoms with van der Waals surface area (Å²) < 4.78 is 10.4. The fourth-order valence-corrected chi connectivity index (χ4v) is 3.31.